The number of hydrogen-bond donors (Lipinski definition) is 2. The van der Waals surface area contributed by atoms with Gasteiger partial charge in [0.25, 0.3) is 5.69 Å². The van der Waals surface area contributed by atoms with E-state index in [2.05, 4.69) is 5.32 Å². The van der Waals surface area contributed by atoms with E-state index in [-0.39, 0.29) is 5.69 Å². The Hall–Kier alpha value is -2.02. The van der Waals surface area contributed by atoms with Gasteiger partial charge in [0.1, 0.15) is 11.5 Å². The summed E-state index contributed by atoms with van der Waals surface area (Å²) in [4.78, 5) is 21.9. The highest BCUT2D eigenvalue weighted by molar-refractivity contribution is 5.97. The Balaban J connectivity index is 3.00. The Morgan fingerprint density at radius 1 is 1.47 bits per heavy atom. The lowest BCUT2D eigenvalue weighted by atomic mass is 9.87. The van der Waals surface area contributed by atoms with Crippen LogP contribution in [0.5, 0.6) is 0 Å². The third-order valence-corrected chi connectivity index (χ3v) is 2.63. The van der Waals surface area contributed by atoms with Crippen molar-refractivity contribution in [1.82, 2.24) is 0 Å². The van der Waals surface area contributed by atoms with Crippen LogP contribution in [0.2, 0.25) is 0 Å². The molecular weight excluding hydrogens is 253 g/mol. The molecule has 6 nitrogen and oxygen atoms in total. The van der Waals surface area contributed by atoms with E-state index < -0.39 is 33.8 Å². The molecule has 0 spiro atoms. The Labute approximate surface area is 109 Å². The van der Waals surface area contributed by atoms with Gasteiger partial charge in [-0.1, -0.05) is 20.8 Å². The molecule has 0 aliphatic rings. The highest BCUT2D eigenvalue weighted by Crippen LogP contribution is 2.26. The van der Waals surface area contributed by atoms with Gasteiger partial charge in [-0.05, 0) is 17.5 Å². The maximum absolute atomic E-state index is 13.0. The largest absolute Gasteiger partial charge is 0.319 e. The Morgan fingerprint density at radius 2 is 2.05 bits per heavy atom. The lowest BCUT2D eigenvalue weighted by Crippen LogP contribution is -2.45. The van der Waals surface area contributed by atoms with Crippen LogP contribution in [-0.4, -0.2) is 16.9 Å². The molecule has 1 amide bonds. The van der Waals surface area contributed by atoms with E-state index in [0.29, 0.717) is 0 Å². The zero-order chi connectivity index (χ0) is 14.8. The fraction of sp³-hybridized carbons (Fsp3) is 0.417. The Bertz CT molecular complexity index is 511. The molecule has 0 bridgehead atoms. The van der Waals surface area contributed by atoms with Crippen molar-refractivity contribution in [2.24, 2.45) is 11.1 Å². The third-order valence-electron chi connectivity index (χ3n) is 2.63. The van der Waals surface area contributed by atoms with Crippen LogP contribution in [0.4, 0.5) is 15.8 Å². The third kappa shape index (κ3) is 3.72. The molecule has 7 heteroatoms. The normalized spacial score (nSPS) is 12.9. The first kappa shape index (κ1) is 15.0. The van der Waals surface area contributed by atoms with Crippen LogP contribution in [0.15, 0.2) is 18.2 Å². The van der Waals surface area contributed by atoms with Crippen LogP contribution >= 0.6 is 0 Å². The molecule has 0 heterocycles. The maximum Gasteiger partial charge on any atom is 0.295 e. The quantitative estimate of drug-likeness (QED) is 0.648. The minimum absolute atomic E-state index is 0.0731. The second-order valence-electron chi connectivity index (χ2n) is 5.25. The molecular formula is C12H16FN3O3. The van der Waals surface area contributed by atoms with Gasteiger partial charge in [-0.15, -0.1) is 0 Å². The minimum atomic E-state index is -0.836. The van der Waals surface area contributed by atoms with Crippen LogP contribution in [0.25, 0.3) is 0 Å². The van der Waals surface area contributed by atoms with Crippen molar-refractivity contribution < 1.29 is 14.1 Å². The maximum atomic E-state index is 13.0. The van der Waals surface area contributed by atoms with Gasteiger partial charge in [0.15, 0.2) is 0 Å². The molecule has 1 aromatic rings. The molecule has 0 aromatic heterocycles. The Morgan fingerprint density at radius 3 is 2.53 bits per heavy atom. The summed E-state index contributed by atoms with van der Waals surface area (Å²) < 4.78 is 13.0. The van der Waals surface area contributed by atoms with Gasteiger partial charge >= 0.3 is 0 Å². The number of nitrogens with zero attached hydrogens (tertiary/aromatic N) is 1. The molecule has 1 atom stereocenters. The summed E-state index contributed by atoms with van der Waals surface area (Å²) in [6.07, 6.45) is 0. The van der Waals surface area contributed by atoms with Crippen LogP contribution in [0.3, 0.4) is 0 Å². The SMILES string of the molecule is CC(C)(C)C(N)C(=O)Nc1ccc(F)cc1[N+](=O)[O-]. The highest BCUT2D eigenvalue weighted by Gasteiger charge is 2.29. The average molecular weight is 269 g/mol. The van der Waals surface area contributed by atoms with Gasteiger partial charge in [0.05, 0.1) is 17.0 Å². The number of carbonyl (C=O) groups excluding carboxylic acids is 1. The summed E-state index contributed by atoms with van der Waals surface area (Å²) in [5.74, 6) is -1.30. The molecule has 0 saturated carbocycles. The summed E-state index contributed by atoms with van der Waals surface area (Å²) in [5.41, 5.74) is 4.68. The van der Waals surface area contributed by atoms with Crippen LogP contribution in [-0.2, 0) is 4.79 Å². The van der Waals surface area contributed by atoms with Crippen molar-refractivity contribution in [3.8, 4) is 0 Å². The molecule has 1 rings (SSSR count). The highest BCUT2D eigenvalue weighted by atomic mass is 19.1. The van der Waals surface area contributed by atoms with Gasteiger partial charge in [-0.3, -0.25) is 14.9 Å². The van der Waals surface area contributed by atoms with Crippen molar-refractivity contribution in [2.45, 2.75) is 26.8 Å². The predicted molar refractivity (Wildman–Crippen MR) is 69.1 cm³/mol. The number of nitrogens with one attached hydrogen (secondary N) is 1. The number of amides is 1. The van der Waals surface area contributed by atoms with Crippen molar-refractivity contribution >= 4 is 17.3 Å². The van der Waals surface area contributed by atoms with E-state index in [9.17, 15) is 19.3 Å². The second-order valence-corrected chi connectivity index (χ2v) is 5.25. The number of nitro groups is 1. The summed E-state index contributed by atoms with van der Waals surface area (Å²) in [5, 5.41) is 13.1. The molecule has 19 heavy (non-hydrogen) atoms. The zero-order valence-corrected chi connectivity index (χ0v) is 10.9. The number of anilines is 1. The first-order chi connectivity index (χ1) is 8.62. The number of halogens is 1. The van der Waals surface area contributed by atoms with E-state index in [1.54, 1.807) is 20.8 Å². The topological polar surface area (TPSA) is 98.3 Å². The first-order valence-electron chi connectivity index (χ1n) is 5.63. The lowest BCUT2D eigenvalue weighted by Gasteiger charge is -2.25. The summed E-state index contributed by atoms with van der Waals surface area (Å²) >= 11 is 0. The van der Waals surface area contributed by atoms with Gasteiger partial charge in [-0.2, -0.15) is 0 Å². The second kappa shape index (κ2) is 5.31. The molecule has 1 aromatic carbocycles. The van der Waals surface area contributed by atoms with E-state index in [1.165, 1.54) is 0 Å². The fourth-order valence-electron chi connectivity index (χ4n) is 1.37. The van der Waals surface area contributed by atoms with Gasteiger partial charge in [0, 0.05) is 0 Å². The number of nitrogens with two attached hydrogens (primary N) is 1. The number of hydrogen-bond acceptors (Lipinski definition) is 4. The van der Waals surface area contributed by atoms with Crippen LogP contribution in [0, 0.1) is 21.3 Å². The zero-order valence-electron chi connectivity index (χ0n) is 10.9. The molecule has 0 aliphatic heterocycles. The molecule has 1 unspecified atom stereocenters. The smallest absolute Gasteiger partial charge is 0.295 e. The number of rotatable bonds is 3. The monoisotopic (exact) mass is 269 g/mol. The van der Waals surface area contributed by atoms with Crippen LogP contribution < -0.4 is 11.1 Å². The van der Waals surface area contributed by atoms with Crippen LogP contribution in [0.1, 0.15) is 20.8 Å². The molecule has 0 saturated heterocycles. The van der Waals surface area contributed by atoms with Crippen molar-refractivity contribution in [3.05, 3.63) is 34.1 Å². The number of carbonyl (C=O) groups is 1. The van der Waals surface area contributed by atoms with E-state index >= 15 is 0 Å². The molecule has 0 aliphatic carbocycles. The van der Waals surface area contributed by atoms with E-state index in [0.717, 1.165) is 18.2 Å². The summed E-state index contributed by atoms with van der Waals surface area (Å²) in [7, 11) is 0. The number of nitro benzene ring substituents is 1. The fourth-order valence-corrected chi connectivity index (χ4v) is 1.37. The van der Waals surface area contributed by atoms with Crippen molar-refractivity contribution in [2.75, 3.05) is 5.32 Å². The molecule has 3 N–H and O–H groups in total. The first-order valence-corrected chi connectivity index (χ1v) is 5.63. The lowest BCUT2D eigenvalue weighted by molar-refractivity contribution is -0.384. The van der Waals surface area contributed by atoms with E-state index in [1.807, 2.05) is 0 Å². The molecule has 0 fully saturated rings. The molecule has 104 valence electrons. The van der Waals surface area contributed by atoms with Gasteiger partial charge < -0.3 is 11.1 Å². The van der Waals surface area contributed by atoms with Crippen molar-refractivity contribution in [1.29, 1.82) is 0 Å². The van der Waals surface area contributed by atoms with Crippen molar-refractivity contribution in [3.63, 3.8) is 0 Å². The standard InChI is InChI=1S/C12H16FN3O3/c1-12(2,3)10(14)11(17)15-8-5-4-7(13)6-9(8)16(18)19/h4-6,10H,14H2,1-3H3,(H,15,17). The Kier molecular flexibility index (Phi) is 4.21. The summed E-state index contributed by atoms with van der Waals surface area (Å²) in [6, 6.07) is 2.08. The van der Waals surface area contributed by atoms with Gasteiger partial charge in [0.2, 0.25) is 5.91 Å². The predicted octanol–water partition coefficient (Wildman–Crippen LogP) is 2.05. The minimum Gasteiger partial charge on any atom is -0.319 e. The van der Waals surface area contributed by atoms with Gasteiger partial charge in [-0.25, -0.2) is 4.39 Å². The number of benzene rings is 1. The van der Waals surface area contributed by atoms with E-state index in [4.69, 9.17) is 5.73 Å². The average Bonchev–Trinajstić information content (AvgIpc) is 2.28. The summed E-state index contributed by atoms with van der Waals surface area (Å²) in [6.45, 7) is 5.32. The molecule has 0 radical (unpaired) electrons.